The number of benzene rings is 1. The molecule has 0 spiro atoms. The summed E-state index contributed by atoms with van der Waals surface area (Å²) in [5.74, 6) is -0.275. The standard InChI is InChI=1S/C12H17ClFNO/c1-9(16)5-6-15(2)8-10-7-11(14)3-4-12(10)13/h3-4,7,9,16H,5-6,8H2,1-2H3. The SMILES string of the molecule is CC(O)CCN(C)Cc1cc(F)ccc1Cl. The first-order valence-electron chi connectivity index (χ1n) is 5.29. The average molecular weight is 246 g/mol. The zero-order valence-electron chi connectivity index (χ0n) is 9.58. The Morgan fingerprint density at radius 2 is 2.19 bits per heavy atom. The van der Waals surface area contributed by atoms with Gasteiger partial charge in [-0.1, -0.05) is 11.6 Å². The molecule has 0 amide bonds. The number of aliphatic hydroxyl groups excluding tert-OH is 1. The molecule has 0 aromatic heterocycles. The number of hydrogen-bond acceptors (Lipinski definition) is 2. The van der Waals surface area contributed by atoms with Crippen LogP contribution in [-0.2, 0) is 6.54 Å². The van der Waals surface area contributed by atoms with Gasteiger partial charge in [0, 0.05) is 18.1 Å². The van der Waals surface area contributed by atoms with Crippen LogP contribution in [-0.4, -0.2) is 29.7 Å². The topological polar surface area (TPSA) is 23.5 Å². The third-order valence-corrected chi connectivity index (χ3v) is 2.75. The fraction of sp³-hybridized carbons (Fsp3) is 0.500. The summed E-state index contributed by atoms with van der Waals surface area (Å²) in [6, 6.07) is 4.36. The number of nitrogens with zero attached hydrogens (tertiary/aromatic N) is 1. The Labute approximate surface area is 101 Å². The Bertz CT molecular complexity index is 344. The van der Waals surface area contributed by atoms with Crippen molar-refractivity contribution in [2.45, 2.75) is 26.0 Å². The first kappa shape index (κ1) is 13.4. The van der Waals surface area contributed by atoms with Crippen LogP contribution in [0.4, 0.5) is 4.39 Å². The lowest BCUT2D eigenvalue weighted by Gasteiger charge is -2.18. The summed E-state index contributed by atoms with van der Waals surface area (Å²) >= 11 is 5.96. The lowest BCUT2D eigenvalue weighted by atomic mass is 10.2. The van der Waals surface area contributed by atoms with E-state index in [2.05, 4.69) is 0 Å². The van der Waals surface area contributed by atoms with Crippen molar-refractivity contribution in [1.29, 1.82) is 0 Å². The van der Waals surface area contributed by atoms with E-state index >= 15 is 0 Å². The highest BCUT2D eigenvalue weighted by molar-refractivity contribution is 6.31. The first-order chi connectivity index (χ1) is 7.49. The molecular formula is C12H17ClFNO. The Kier molecular flexibility index (Phi) is 5.19. The van der Waals surface area contributed by atoms with Gasteiger partial charge in [-0.15, -0.1) is 0 Å². The first-order valence-corrected chi connectivity index (χ1v) is 5.67. The van der Waals surface area contributed by atoms with Gasteiger partial charge in [-0.2, -0.15) is 0 Å². The van der Waals surface area contributed by atoms with Gasteiger partial charge in [-0.3, -0.25) is 0 Å². The van der Waals surface area contributed by atoms with E-state index in [-0.39, 0.29) is 11.9 Å². The second kappa shape index (κ2) is 6.18. The van der Waals surface area contributed by atoms with Crippen LogP contribution in [0.25, 0.3) is 0 Å². The van der Waals surface area contributed by atoms with Crippen LogP contribution >= 0.6 is 11.6 Å². The van der Waals surface area contributed by atoms with Gasteiger partial charge in [0.15, 0.2) is 0 Å². The molecule has 0 aliphatic rings. The van der Waals surface area contributed by atoms with Crippen molar-refractivity contribution in [2.75, 3.05) is 13.6 Å². The maximum atomic E-state index is 13.0. The van der Waals surface area contributed by atoms with Gasteiger partial charge in [-0.05, 0) is 44.2 Å². The number of rotatable bonds is 5. The smallest absolute Gasteiger partial charge is 0.123 e. The van der Waals surface area contributed by atoms with Crippen LogP contribution in [0.1, 0.15) is 18.9 Å². The Balaban J connectivity index is 2.55. The highest BCUT2D eigenvalue weighted by atomic mass is 35.5. The molecule has 0 radical (unpaired) electrons. The van der Waals surface area contributed by atoms with Gasteiger partial charge >= 0.3 is 0 Å². The van der Waals surface area contributed by atoms with Crippen molar-refractivity contribution in [2.24, 2.45) is 0 Å². The van der Waals surface area contributed by atoms with Crippen LogP contribution in [0.3, 0.4) is 0 Å². The molecule has 0 aliphatic heterocycles. The maximum Gasteiger partial charge on any atom is 0.123 e. The van der Waals surface area contributed by atoms with E-state index in [9.17, 15) is 4.39 Å². The highest BCUT2D eigenvalue weighted by Crippen LogP contribution is 2.18. The minimum absolute atomic E-state index is 0.275. The minimum Gasteiger partial charge on any atom is -0.393 e. The van der Waals surface area contributed by atoms with Gasteiger partial charge in [0.2, 0.25) is 0 Å². The molecule has 0 saturated carbocycles. The van der Waals surface area contributed by atoms with Crippen molar-refractivity contribution >= 4 is 11.6 Å². The molecule has 1 rings (SSSR count). The molecule has 0 bridgehead atoms. The quantitative estimate of drug-likeness (QED) is 0.862. The molecule has 2 nitrogen and oxygen atoms in total. The molecule has 1 unspecified atom stereocenters. The fourth-order valence-corrected chi connectivity index (χ4v) is 1.62. The monoisotopic (exact) mass is 245 g/mol. The number of aliphatic hydroxyl groups is 1. The van der Waals surface area contributed by atoms with Gasteiger partial charge < -0.3 is 10.0 Å². The average Bonchev–Trinajstić information content (AvgIpc) is 2.20. The molecule has 0 aliphatic carbocycles. The predicted octanol–water partition coefficient (Wildman–Crippen LogP) is 2.68. The lowest BCUT2D eigenvalue weighted by Crippen LogP contribution is -2.22. The molecule has 0 fully saturated rings. The third-order valence-electron chi connectivity index (χ3n) is 2.38. The summed E-state index contributed by atoms with van der Waals surface area (Å²) in [6.07, 6.45) is 0.383. The van der Waals surface area contributed by atoms with E-state index < -0.39 is 0 Å². The second-order valence-corrected chi connectivity index (χ2v) is 4.52. The highest BCUT2D eigenvalue weighted by Gasteiger charge is 2.06. The summed E-state index contributed by atoms with van der Waals surface area (Å²) in [4.78, 5) is 2.01. The lowest BCUT2D eigenvalue weighted by molar-refractivity contribution is 0.163. The van der Waals surface area contributed by atoms with Crippen molar-refractivity contribution in [3.8, 4) is 0 Å². The summed E-state index contributed by atoms with van der Waals surface area (Å²) in [5, 5.41) is 9.73. The van der Waals surface area contributed by atoms with Crippen LogP contribution in [0.2, 0.25) is 5.02 Å². The van der Waals surface area contributed by atoms with Gasteiger partial charge in [0.05, 0.1) is 6.10 Å². The molecule has 4 heteroatoms. The van der Waals surface area contributed by atoms with E-state index in [1.54, 1.807) is 13.0 Å². The van der Waals surface area contributed by atoms with E-state index in [0.717, 1.165) is 12.1 Å². The zero-order valence-corrected chi connectivity index (χ0v) is 10.3. The van der Waals surface area contributed by atoms with Gasteiger partial charge in [0.25, 0.3) is 0 Å². The molecule has 1 atom stereocenters. The summed E-state index contributed by atoms with van der Waals surface area (Å²) < 4.78 is 13.0. The summed E-state index contributed by atoms with van der Waals surface area (Å²) in [6.45, 7) is 3.09. The van der Waals surface area contributed by atoms with Gasteiger partial charge in [0.1, 0.15) is 5.82 Å². The largest absolute Gasteiger partial charge is 0.393 e. The van der Waals surface area contributed by atoms with E-state index in [0.29, 0.717) is 18.0 Å². The van der Waals surface area contributed by atoms with E-state index in [1.807, 2.05) is 11.9 Å². The molecule has 1 aromatic carbocycles. The number of hydrogen-bond donors (Lipinski definition) is 1. The Morgan fingerprint density at radius 3 is 2.81 bits per heavy atom. The predicted molar refractivity (Wildman–Crippen MR) is 64.0 cm³/mol. The van der Waals surface area contributed by atoms with Crippen LogP contribution in [0.5, 0.6) is 0 Å². The molecule has 0 heterocycles. The summed E-state index contributed by atoms with van der Waals surface area (Å²) in [7, 11) is 1.92. The maximum absolute atomic E-state index is 13.0. The Hall–Kier alpha value is -0.640. The fourth-order valence-electron chi connectivity index (χ4n) is 1.44. The zero-order chi connectivity index (χ0) is 12.1. The number of halogens is 2. The van der Waals surface area contributed by atoms with Crippen molar-refractivity contribution in [1.82, 2.24) is 4.90 Å². The molecular weight excluding hydrogens is 229 g/mol. The van der Waals surface area contributed by atoms with Crippen molar-refractivity contribution < 1.29 is 9.50 Å². The van der Waals surface area contributed by atoms with Crippen LogP contribution < -0.4 is 0 Å². The third kappa shape index (κ3) is 4.47. The van der Waals surface area contributed by atoms with Crippen LogP contribution in [0, 0.1) is 5.82 Å². The normalized spacial score (nSPS) is 13.1. The molecule has 90 valence electrons. The second-order valence-electron chi connectivity index (χ2n) is 4.11. The van der Waals surface area contributed by atoms with E-state index in [1.165, 1.54) is 12.1 Å². The van der Waals surface area contributed by atoms with Crippen molar-refractivity contribution in [3.63, 3.8) is 0 Å². The summed E-state index contributed by atoms with van der Waals surface area (Å²) in [5.41, 5.74) is 0.773. The molecule has 0 saturated heterocycles. The van der Waals surface area contributed by atoms with Crippen molar-refractivity contribution in [3.05, 3.63) is 34.6 Å². The van der Waals surface area contributed by atoms with Crippen LogP contribution in [0.15, 0.2) is 18.2 Å². The molecule has 16 heavy (non-hydrogen) atoms. The Morgan fingerprint density at radius 1 is 1.50 bits per heavy atom. The minimum atomic E-state index is -0.314. The van der Waals surface area contributed by atoms with Gasteiger partial charge in [-0.25, -0.2) is 4.39 Å². The van der Waals surface area contributed by atoms with E-state index in [4.69, 9.17) is 16.7 Å². The molecule has 1 aromatic rings. The molecule has 1 N–H and O–H groups in total.